The van der Waals surface area contributed by atoms with Gasteiger partial charge in [-0.05, 0) is 38.5 Å². The van der Waals surface area contributed by atoms with Crippen LogP contribution in [0.25, 0.3) is 10.9 Å². The third-order valence-electron chi connectivity index (χ3n) is 5.63. The number of halogens is 1. The van der Waals surface area contributed by atoms with Gasteiger partial charge in [-0.3, -0.25) is 0 Å². The van der Waals surface area contributed by atoms with Crippen LogP contribution in [0.1, 0.15) is 37.9 Å². The lowest BCUT2D eigenvalue weighted by molar-refractivity contribution is -0.143. The quantitative estimate of drug-likeness (QED) is 0.285. The fraction of sp³-hybridized carbons (Fsp3) is 0.240. The lowest BCUT2D eigenvalue weighted by atomic mass is 9.95. The summed E-state index contributed by atoms with van der Waals surface area (Å²) in [6.07, 6.45) is 1.63. The summed E-state index contributed by atoms with van der Waals surface area (Å²) in [4.78, 5) is 21.1. The third-order valence-corrected chi connectivity index (χ3v) is 6.51. The van der Waals surface area contributed by atoms with Gasteiger partial charge in [-0.25, -0.2) is 13.9 Å². The number of benzene rings is 2. The van der Waals surface area contributed by atoms with Gasteiger partial charge in [0.15, 0.2) is 0 Å². The highest BCUT2D eigenvalue weighted by atomic mass is 32.2. The molecule has 3 heterocycles. The van der Waals surface area contributed by atoms with E-state index in [0.717, 1.165) is 16.5 Å². The molecule has 0 fully saturated rings. The van der Waals surface area contributed by atoms with Crippen LogP contribution in [-0.4, -0.2) is 31.8 Å². The summed E-state index contributed by atoms with van der Waals surface area (Å²) < 4.78 is 21.4. The van der Waals surface area contributed by atoms with E-state index in [1.807, 2.05) is 51.2 Å². The van der Waals surface area contributed by atoms with Crippen LogP contribution < -0.4 is 5.32 Å². The van der Waals surface area contributed by atoms with E-state index in [2.05, 4.69) is 15.3 Å². The normalized spacial score (nSPS) is 15.5. The van der Waals surface area contributed by atoms with E-state index in [1.165, 1.54) is 17.8 Å². The molecule has 0 aliphatic carbocycles. The number of esters is 1. The fourth-order valence-electron chi connectivity index (χ4n) is 4.10. The van der Waals surface area contributed by atoms with Crippen LogP contribution in [0.5, 0.6) is 0 Å². The van der Waals surface area contributed by atoms with Crippen LogP contribution in [0.3, 0.4) is 0 Å². The van der Waals surface area contributed by atoms with Gasteiger partial charge in [-0.15, -0.1) is 5.10 Å². The van der Waals surface area contributed by atoms with Gasteiger partial charge in [-0.2, -0.15) is 4.98 Å². The van der Waals surface area contributed by atoms with Gasteiger partial charge in [0.1, 0.15) is 11.9 Å². The van der Waals surface area contributed by atoms with Crippen LogP contribution in [0.4, 0.5) is 10.3 Å². The van der Waals surface area contributed by atoms with Crippen molar-refractivity contribution >= 4 is 34.6 Å². The maximum atomic E-state index is 14.1. The Bertz CT molecular complexity index is 1410. The molecule has 1 aliphatic heterocycles. The van der Waals surface area contributed by atoms with Crippen molar-refractivity contribution in [1.29, 1.82) is 0 Å². The number of para-hydroxylation sites is 1. The Balaban J connectivity index is 1.56. The molecule has 0 saturated carbocycles. The first kappa shape index (κ1) is 22.2. The molecule has 4 aromatic rings. The molecule has 0 saturated heterocycles. The molecular weight excluding hydrogens is 453 g/mol. The summed E-state index contributed by atoms with van der Waals surface area (Å²) in [5, 5.41) is 9.39. The van der Waals surface area contributed by atoms with Crippen LogP contribution in [0.2, 0.25) is 0 Å². The smallest absolute Gasteiger partial charge is 0.338 e. The number of nitrogens with zero attached hydrogens (tertiary/aromatic N) is 3. The minimum atomic E-state index is -0.533. The van der Waals surface area contributed by atoms with Gasteiger partial charge >= 0.3 is 5.97 Å². The Kier molecular flexibility index (Phi) is 5.87. The number of hydrogen-bond donors (Lipinski definition) is 2. The Hall–Kier alpha value is -3.59. The molecule has 7 nitrogen and oxygen atoms in total. The van der Waals surface area contributed by atoms with Crippen molar-refractivity contribution < 1.29 is 13.9 Å². The van der Waals surface area contributed by atoms with Crippen LogP contribution in [0, 0.1) is 5.82 Å². The minimum Gasteiger partial charge on any atom is -0.459 e. The topological polar surface area (TPSA) is 84.8 Å². The van der Waals surface area contributed by atoms with Gasteiger partial charge in [0.05, 0.1) is 11.7 Å². The zero-order chi connectivity index (χ0) is 23.8. The zero-order valence-electron chi connectivity index (χ0n) is 19.0. The molecule has 174 valence electrons. The van der Waals surface area contributed by atoms with Crippen molar-refractivity contribution in [3.05, 3.63) is 82.9 Å². The van der Waals surface area contributed by atoms with Gasteiger partial charge in [0.2, 0.25) is 11.1 Å². The van der Waals surface area contributed by atoms with Crippen molar-refractivity contribution in [2.24, 2.45) is 0 Å². The Morgan fingerprint density at radius 3 is 2.76 bits per heavy atom. The van der Waals surface area contributed by atoms with E-state index in [0.29, 0.717) is 33.7 Å². The van der Waals surface area contributed by atoms with Gasteiger partial charge in [0.25, 0.3) is 0 Å². The van der Waals surface area contributed by atoms with Crippen molar-refractivity contribution in [1.82, 2.24) is 19.7 Å². The highest BCUT2D eigenvalue weighted by Gasteiger charge is 2.36. The molecule has 1 aliphatic rings. The summed E-state index contributed by atoms with van der Waals surface area (Å²) in [7, 11) is 0. The number of thioether (sulfide) groups is 1. The molecular formula is C25H24FN5O2S. The number of aromatic amines is 1. The maximum absolute atomic E-state index is 14.1. The number of anilines is 1. The van der Waals surface area contributed by atoms with Crippen LogP contribution in [0.15, 0.2) is 71.2 Å². The van der Waals surface area contributed by atoms with Crippen molar-refractivity contribution in [2.45, 2.75) is 43.8 Å². The number of rotatable bonds is 6. The number of hydrogen-bond acceptors (Lipinski definition) is 6. The summed E-state index contributed by atoms with van der Waals surface area (Å²) in [6.45, 7) is 5.48. The lowest BCUT2D eigenvalue weighted by Crippen LogP contribution is -2.30. The van der Waals surface area contributed by atoms with E-state index in [-0.39, 0.29) is 11.9 Å². The molecule has 2 aromatic carbocycles. The molecule has 0 amide bonds. The second kappa shape index (κ2) is 8.98. The molecule has 0 bridgehead atoms. The third kappa shape index (κ3) is 4.07. The van der Waals surface area contributed by atoms with Gasteiger partial charge in [-0.1, -0.05) is 48.2 Å². The highest BCUT2D eigenvalue weighted by Crippen LogP contribution is 2.39. The average molecular weight is 478 g/mol. The number of allylic oxidation sites excluding steroid dienone is 1. The number of H-pyrrole nitrogens is 1. The largest absolute Gasteiger partial charge is 0.459 e. The number of carbonyl (C=O) groups excluding carboxylic acids is 1. The number of nitrogens with one attached hydrogen (secondary N) is 2. The maximum Gasteiger partial charge on any atom is 0.338 e. The van der Waals surface area contributed by atoms with Crippen molar-refractivity contribution in [3.8, 4) is 0 Å². The average Bonchev–Trinajstić information content (AvgIpc) is 3.41. The first-order valence-electron chi connectivity index (χ1n) is 11.0. The van der Waals surface area contributed by atoms with E-state index < -0.39 is 12.0 Å². The van der Waals surface area contributed by atoms with E-state index in [9.17, 15) is 9.18 Å². The summed E-state index contributed by atoms with van der Waals surface area (Å²) >= 11 is 1.34. The first-order chi connectivity index (χ1) is 16.4. The lowest BCUT2D eigenvalue weighted by Gasteiger charge is -2.28. The van der Waals surface area contributed by atoms with E-state index in [1.54, 1.807) is 22.9 Å². The molecule has 5 rings (SSSR count). The highest BCUT2D eigenvalue weighted by molar-refractivity contribution is 7.98. The molecule has 1 atom stereocenters. The first-order valence-corrected chi connectivity index (χ1v) is 12.0. The Morgan fingerprint density at radius 1 is 1.21 bits per heavy atom. The monoisotopic (exact) mass is 477 g/mol. The zero-order valence-corrected chi connectivity index (χ0v) is 19.8. The molecule has 2 N–H and O–H groups in total. The predicted octanol–water partition coefficient (Wildman–Crippen LogP) is 5.43. The molecule has 0 spiro atoms. The summed E-state index contributed by atoms with van der Waals surface area (Å²) in [5.74, 6) is 0.245. The summed E-state index contributed by atoms with van der Waals surface area (Å²) in [6, 6.07) is 14.0. The van der Waals surface area contributed by atoms with E-state index in [4.69, 9.17) is 9.84 Å². The standard InChI is InChI=1S/C25H24FN5O2S/c1-14(2)33-23(32)21-15(3)28-24-29-25(34-13-16-8-4-6-10-19(16)26)30-31(24)22(21)18-12-27-20-11-7-5-9-17(18)20/h4-12,14,22,27H,13H2,1-3H3,(H,28,29,30). The van der Waals surface area contributed by atoms with Crippen molar-refractivity contribution in [3.63, 3.8) is 0 Å². The molecule has 2 aromatic heterocycles. The Morgan fingerprint density at radius 2 is 1.97 bits per heavy atom. The predicted molar refractivity (Wildman–Crippen MR) is 130 cm³/mol. The number of aromatic nitrogens is 4. The fourth-order valence-corrected chi connectivity index (χ4v) is 4.92. The molecule has 1 unspecified atom stereocenters. The number of ether oxygens (including phenoxy) is 1. The van der Waals surface area contributed by atoms with Crippen molar-refractivity contribution in [2.75, 3.05) is 5.32 Å². The van der Waals surface area contributed by atoms with Crippen LogP contribution in [-0.2, 0) is 15.3 Å². The second-order valence-electron chi connectivity index (χ2n) is 8.35. The molecule has 34 heavy (non-hydrogen) atoms. The molecule has 0 radical (unpaired) electrons. The van der Waals surface area contributed by atoms with Gasteiger partial charge < -0.3 is 15.0 Å². The van der Waals surface area contributed by atoms with Crippen LogP contribution >= 0.6 is 11.8 Å². The Labute approximate surface area is 200 Å². The van der Waals surface area contributed by atoms with E-state index >= 15 is 0 Å². The van der Waals surface area contributed by atoms with Gasteiger partial charge in [0, 0.05) is 34.1 Å². The summed E-state index contributed by atoms with van der Waals surface area (Å²) in [5.41, 5.74) is 3.56. The second-order valence-corrected chi connectivity index (χ2v) is 9.30. The number of carbonyl (C=O) groups is 1. The number of fused-ring (bicyclic) bond motifs is 2. The molecule has 9 heteroatoms. The minimum absolute atomic E-state index is 0.259. The SMILES string of the molecule is CC1=C(C(=O)OC(C)C)C(c2c[nH]c3ccccc23)n2nc(SCc3ccccc3F)nc2N1.